The van der Waals surface area contributed by atoms with Gasteiger partial charge in [0, 0.05) is 44.4 Å². The lowest BCUT2D eigenvalue weighted by Gasteiger charge is -2.37. The minimum absolute atomic E-state index is 0.304. The van der Waals surface area contributed by atoms with Crippen LogP contribution in [0.25, 0.3) is 98.7 Å². The molecule has 0 saturated heterocycles. The van der Waals surface area contributed by atoms with E-state index in [9.17, 15) is 0 Å². The second kappa shape index (κ2) is 18.5. The second-order valence-electron chi connectivity index (χ2n) is 25.8. The van der Waals surface area contributed by atoms with Gasteiger partial charge in [-0.3, -0.25) is 0 Å². The maximum atomic E-state index is 2.53. The summed E-state index contributed by atoms with van der Waals surface area (Å²) in [5.41, 5.74) is 14.2. The fraction of sp³-hybridized carbons (Fsp3) is 0.146. The van der Waals surface area contributed by atoms with Crippen molar-refractivity contribution in [3.8, 4) is 0 Å². The molecule has 0 aromatic heterocycles. The number of anilines is 4. The Morgan fingerprint density at radius 3 is 0.917 bits per heavy atom. The molecule has 4 aliphatic carbocycles. The molecule has 12 aromatic carbocycles. The van der Waals surface area contributed by atoms with E-state index in [1.54, 1.807) is 0 Å². The molecule has 404 valence electrons. The zero-order valence-corrected chi connectivity index (χ0v) is 49.1. The van der Waals surface area contributed by atoms with Crippen LogP contribution in [-0.2, 0) is 0 Å². The molecule has 0 amide bonds. The van der Waals surface area contributed by atoms with E-state index >= 15 is 0 Å². The van der Waals surface area contributed by atoms with Crippen LogP contribution in [0.2, 0.25) is 0 Å². The van der Waals surface area contributed by atoms with Gasteiger partial charge in [0.1, 0.15) is 0 Å². The first-order chi connectivity index (χ1) is 40.8. The summed E-state index contributed by atoms with van der Waals surface area (Å²) in [6.07, 6.45) is 14.9. The largest absolute Gasteiger partial charge is 0.310 e. The maximum absolute atomic E-state index is 2.53. The van der Waals surface area contributed by atoms with Crippen molar-refractivity contribution in [3.63, 3.8) is 0 Å². The second-order valence-corrected chi connectivity index (χ2v) is 25.8. The van der Waals surface area contributed by atoms with Gasteiger partial charge in [-0.15, -0.1) is 0 Å². The first-order valence-electron chi connectivity index (χ1n) is 30.2. The van der Waals surface area contributed by atoms with Crippen molar-refractivity contribution in [2.24, 2.45) is 10.8 Å². The average molecular weight is 1080 g/mol. The third-order valence-corrected chi connectivity index (χ3v) is 19.0. The van der Waals surface area contributed by atoms with Crippen LogP contribution in [0.5, 0.6) is 0 Å². The molecule has 4 aliphatic rings. The topological polar surface area (TPSA) is 6.48 Å². The van der Waals surface area contributed by atoms with E-state index in [0.717, 1.165) is 34.1 Å². The molecule has 0 saturated carbocycles. The van der Waals surface area contributed by atoms with E-state index in [-0.39, 0.29) is 10.8 Å². The Morgan fingerprint density at radius 2 is 0.595 bits per heavy atom. The highest BCUT2D eigenvalue weighted by Crippen LogP contribution is 2.50. The Morgan fingerprint density at radius 1 is 0.298 bits per heavy atom. The number of hydrogen-bond donors (Lipinski definition) is 0. The van der Waals surface area contributed by atoms with Gasteiger partial charge < -0.3 is 9.80 Å². The predicted octanol–water partition coefficient (Wildman–Crippen LogP) is 19.3. The summed E-state index contributed by atoms with van der Waals surface area (Å²) >= 11 is 0. The van der Waals surface area contributed by atoms with Gasteiger partial charge in [-0.05, 0) is 216 Å². The zero-order chi connectivity index (χ0) is 56.9. The van der Waals surface area contributed by atoms with E-state index in [2.05, 4.69) is 308 Å². The summed E-state index contributed by atoms with van der Waals surface area (Å²) in [6, 6.07) is 78.2. The molecule has 84 heavy (non-hydrogen) atoms. The van der Waals surface area contributed by atoms with E-state index in [4.69, 9.17) is 0 Å². The molecule has 0 heterocycles. The van der Waals surface area contributed by atoms with Gasteiger partial charge in [0.2, 0.25) is 0 Å². The van der Waals surface area contributed by atoms with Crippen LogP contribution < -0.4 is 30.7 Å². The third-order valence-electron chi connectivity index (χ3n) is 19.0. The van der Waals surface area contributed by atoms with Crippen molar-refractivity contribution >= 4 is 121 Å². The average Bonchev–Trinajstić information content (AvgIpc) is 1.56. The molecule has 0 spiro atoms. The van der Waals surface area contributed by atoms with Gasteiger partial charge in [0.15, 0.2) is 0 Å². The molecular formula is C82H66N2. The van der Waals surface area contributed by atoms with E-state index in [1.807, 2.05) is 0 Å². The fourth-order valence-electron chi connectivity index (χ4n) is 15.1. The summed E-state index contributed by atoms with van der Waals surface area (Å²) in [5, 5.41) is 23.2. The quantitative estimate of drug-likeness (QED) is 0.140. The minimum atomic E-state index is -0.304. The number of benzene rings is 12. The molecule has 12 aromatic rings. The first-order valence-corrected chi connectivity index (χ1v) is 30.2. The smallest absolute Gasteiger partial charge is 0.0540 e. The van der Waals surface area contributed by atoms with Gasteiger partial charge >= 0.3 is 0 Å². The molecule has 0 bridgehead atoms. The highest BCUT2D eigenvalue weighted by atomic mass is 15.2. The summed E-state index contributed by atoms with van der Waals surface area (Å²) in [5.74, 6) is 0.825. The van der Waals surface area contributed by atoms with Crippen LogP contribution in [0.15, 0.2) is 253 Å². The fourth-order valence-corrected chi connectivity index (χ4v) is 15.1. The molecule has 0 unspecified atom stereocenters. The van der Waals surface area contributed by atoms with Gasteiger partial charge in [-0.1, -0.05) is 213 Å². The Bertz CT molecular complexity index is 4960. The number of fused-ring (bicyclic) bond motifs is 17. The van der Waals surface area contributed by atoms with Gasteiger partial charge in [0.05, 0.1) is 11.4 Å². The van der Waals surface area contributed by atoms with Crippen LogP contribution in [0.1, 0.15) is 78.4 Å². The van der Waals surface area contributed by atoms with Crippen molar-refractivity contribution in [1.82, 2.24) is 0 Å². The number of rotatable bonds is 8. The molecular weight excluding hydrogens is 1010 g/mol. The van der Waals surface area contributed by atoms with E-state index in [0.29, 0.717) is 11.8 Å². The van der Waals surface area contributed by atoms with Crippen LogP contribution >= 0.6 is 0 Å². The Balaban J connectivity index is 0.878. The lowest BCUT2D eigenvalue weighted by Crippen LogP contribution is -2.30. The van der Waals surface area contributed by atoms with Crippen molar-refractivity contribution in [1.29, 1.82) is 0 Å². The summed E-state index contributed by atoms with van der Waals surface area (Å²) in [4.78, 5) is 5.07. The molecule has 2 nitrogen and oxygen atoms in total. The number of nitrogens with zero attached hydrogens (tertiary/aromatic N) is 2. The molecule has 0 atom stereocenters. The van der Waals surface area contributed by atoms with E-state index in [1.165, 1.54) is 130 Å². The molecule has 0 aliphatic heterocycles. The minimum Gasteiger partial charge on any atom is -0.310 e. The molecule has 0 N–H and O–H groups in total. The third kappa shape index (κ3) is 7.62. The lowest BCUT2D eigenvalue weighted by atomic mass is 9.76. The van der Waals surface area contributed by atoms with Crippen molar-refractivity contribution < 1.29 is 0 Å². The van der Waals surface area contributed by atoms with Crippen LogP contribution in [-0.4, -0.2) is 0 Å². The monoisotopic (exact) mass is 1080 g/mol. The summed E-state index contributed by atoms with van der Waals surface area (Å²) < 4.78 is 0. The number of allylic oxidation sites excluding steroid dienone is 6. The molecule has 0 radical (unpaired) electrons. The molecule has 16 rings (SSSR count). The maximum Gasteiger partial charge on any atom is 0.0540 e. The van der Waals surface area contributed by atoms with Crippen molar-refractivity contribution in [2.75, 3.05) is 9.80 Å². The predicted molar refractivity (Wildman–Crippen MR) is 361 cm³/mol. The van der Waals surface area contributed by atoms with Crippen molar-refractivity contribution in [2.45, 2.75) is 67.2 Å². The van der Waals surface area contributed by atoms with Gasteiger partial charge in [-0.25, -0.2) is 0 Å². The summed E-state index contributed by atoms with van der Waals surface area (Å²) in [6.45, 7) is 18.8. The number of hydrogen-bond acceptors (Lipinski definition) is 2. The van der Waals surface area contributed by atoms with Crippen LogP contribution in [0.3, 0.4) is 0 Å². The van der Waals surface area contributed by atoms with Crippen LogP contribution in [0.4, 0.5) is 22.7 Å². The Kier molecular flexibility index (Phi) is 11.1. The van der Waals surface area contributed by atoms with E-state index < -0.39 is 0 Å². The summed E-state index contributed by atoms with van der Waals surface area (Å²) in [7, 11) is 0. The SMILES string of the molecule is CC(C)c1ccc(N(C2=CC(C)(C)C3=c4cc5c6ccccc6c6ccccc6c5cc4=CC3=C2)c2cccc3c(N(C4=CC(C)(C)C5=c6cc7c8ccccc8c8ccccc8c7cc6=CC5=C4)c4ccc(C(C)C)cc4)cccc23)cc1. The van der Waals surface area contributed by atoms with Gasteiger partial charge in [0.25, 0.3) is 0 Å². The Labute approximate surface area is 491 Å². The molecule has 2 heteroatoms. The first kappa shape index (κ1) is 50.2. The van der Waals surface area contributed by atoms with Crippen molar-refractivity contribution in [3.05, 3.63) is 285 Å². The Hall–Kier alpha value is -9.50. The highest BCUT2D eigenvalue weighted by molar-refractivity contribution is 6.27. The molecule has 0 fully saturated rings. The normalized spacial score (nSPS) is 15.7. The standard InChI is InChI=1S/C82H66N2/c1-49(2)51-31-35-57(36-32-51)83(59-41-55-39-53-43-73-65-23-13-9-19-61(65)63-21-11-15-25-67(63)75(73)45-71(53)79(55)81(5,6)47-59)77-29-17-28-70-69(77)27-18-30-78(70)84(58-37-33-52(34-38-58)50(3)4)60-42-56-40-54-44-74-66-24-14-10-20-62(66)64-22-12-16-26-68(64)76(74)46-72(54)80(56)82(7,8)48-60/h9-50H,1-8H3. The van der Waals surface area contributed by atoms with Gasteiger partial charge in [-0.2, -0.15) is 0 Å². The zero-order valence-electron chi connectivity index (χ0n) is 49.1. The van der Waals surface area contributed by atoms with Crippen LogP contribution in [0, 0.1) is 10.8 Å². The lowest BCUT2D eigenvalue weighted by molar-refractivity contribution is 0.637. The highest BCUT2D eigenvalue weighted by Gasteiger charge is 2.36.